The van der Waals surface area contributed by atoms with Crippen LogP contribution in [0, 0.1) is 0 Å². The highest BCUT2D eigenvalue weighted by Gasteiger charge is 2.09. The number of carbonyl (C=O) groups is 1. The molecule has 1 amide bonds. The van der Waals surface area contributed by atoms with E-state index in [4.69, 9.17) is 11.6 Å². The average molecular weight is 251 g/mol. The summed E-state index contributed by atoms with van der Waals surface area (Å²) in [6, 6.07) is 5.80. The van der Waals surface area contributed by atoms with Gasteiger partial charge in [0.2, 0.25) is 5.91 Å². The number of aromatic amines is 1. The molecule has 2 rings (SSSR count). The highest BCUT2D eigenvalue weighted by Crippen LogP contribution is 2.22. The van der Waals surface area contributed by atoms with Crippen molar-refractivity contribution in [3.63, 3.8) is 0 Å². The summed E-state index contributed by atoms with van der Waals surface area (Å²) in [7, 11) is 0. The second-order valence-corrected chi connectivity index (χ2v) is 4.84. The Morgan fingerprint density at radius 3 is 2.94 bits per heavy atom. The van der Waals surface area contributed by atoms with Crippen LogP contribution in [0.4, 0.5) is 0 Å². The van der Waals surface area contributed by atoms with Gasteiger partial charge in [-0.3, -0.25) is 4.79 Å². The molecule has 90 valence electrons. The summed E-state index contributed by atoms with van der Waals surface area (Å²) in [5.41, 5.74) is 1.96. The van der Waals surface area contributed by atoms with Gasteiger partial charge in [-0.05, 0) is 31.5 Å². The van der Waals surface area contributed by atoms with Crippen molar-refractivity contribution in [2.24, 2.45) is 0 Å². The predicted molar refractivity (Wildman–Crippen MR) is 70.3 cm³/mol. The van der Waals surface area contributed by atoms with Gasteiger partial charge in [-0.15, -0.1) is 0 Å². The Kier molecular flexibility index (Phi) is 3.38. The monoisotopic (exact) mass is 250 g/mol. The van der Waals surface area contributed by atoms with Crippen molar-refractivity contribution in [1.82, 2.24) is 10.3 Å². The van der Waals surface area contributed by atoms with E-state index in [-0.39, 0.29) is 11.9 Å². The second-order valence-electron chi connectivity index (χ2n) is 4.40. The Balaban J connectivity index is 2.22. The molecule has 0 radical (unpaired) electrons. The smallest absolute Gasteiger partial charge is 0.224 e. The number of H-pyrrole nitrogens is 1. The Hall–Kier alpha value is -1.48. The number of halogens is 1. The fraction of sp³-hybridized carbons (Fsp3) is 0.308. The molecule has 1 aromatic heterocycles. The summed E-state index contributed by atoms with van der Waals surface area (Å²) in [6.07, 6.45) is 2.25. The number of amides is 1. The Labute approximate surface area is 105 Å². The van der Waals surface area contributed by atoms with Crippen LogP contribution >= 0.6 is 11.6 Å². The SMILES string of the molecule is CC(C)NC(=O)Cc1c[nH]c2cc(Cl)ccc12. The highest BCUT2D eigenvalue weighted by atomic mass is 35.5. The van der Waals surface area contributed by atoms with Gasteiger partial charge >= 0.3 is 0 Å². The molecule has 0 saturated carbocycles. The lowest BCUT2D eigenvalue weighted by Crippen LogP contribution is -2.31. The third kappa shape index (κ3) is 2.80. The molecule has 2 N–H and O–H groups in total. The summed E-state index contributed by atoms with van der Waals surface area (Å²) < 4.78 is 0. The molecule has 0 aliphatic carbocycles. The molecule has 0 aliphatic heterocycles. The van der Waals surface area contributed by atoms with E-state index in [1.165, 1.54) is 0 Å². The van der Waals surface area contributed by atoms with Crippen molar-refractivity contribution >= 4 is 28.4 Å². The maximum absolute atomic E-state index is 11.7. The van der Waals surface area contributed by atoms with E-state index < -0.39 is 0 Å². The zero-order chi connectivity index (χ0) is 12.4. The minimum Gasteiger partial charge on any atom is -0.361 e. The Morgan fingerprint density at radius 1 is 1.47 bits per heavy atom. The van der Waals surface area contributed by atoms with Crippen molar-refractivity contribution in [3.05, 3.63) is 35.0 Å². The number of hydrogen-bond donors (Lipinski definition) is 2. The zero-order valence-corrected chi connectivity index (χ0v) is 10.6. The molecule has 0 bridgehead atoms. The van der Waals surface area contributed by atoms with Crippen LogP contribution in [0.5, 0.6) is 0 Å². The summed E-state index contributed by atoms with van der Waals surface area (Å²) in [6.45, 7) is 3.90. The topological polar surface area (TPSA) is 44.9 Å². The standard InChI is InChI=1S/C13H15ClN2O/c1-8(2)16-13(17)5-9-7-15-12-6-10(14)3-4-11(9)12/h3-4,6-8,15H,5H2,1-2H3,(H,16,17). The molecule has 17 heavy (non-hydrogen) atoms. The van der Waals surface area contributed by atoms with Gasteiger partial charge in [0.15, 0.2) is 0 Å². The molecule has 0 atom stereocenters. The summed E-state index contributed by atoms with van der Waals surface area (Å²) >= 11 is 5.90. The fourth-order valence-electron chi connectivity index (χ4n) is 1.85. The van der Waals surface area contributed by atoms with Crippen LogP contribution in [0.25, 0.3) is 10.9 Å². The first-order chi connectivity index (χ1) is 8.06. The summed E-state index contributed by atoms with van der Waals surface area (Å²) in [4.78, 5) is 14.8. The minimum absolute atomic E-state index is 0.0378. The maximum atomic E-state index is 11.7. The van der Waals surface area contributed by atoms with Crippen LogP contribution in [0.1, 0.15) is 19.4 Å². The van der Waals surface area contributed by atoms with E-state index in [0.29, 0.717) is 11.4 Å². The van der Waals surface area contributed by atoms with Gasteiger partial charge in [0.1, 0.15) is 0 Å². The second kappa shape index (κ2) is 4.80. The van der Waals surface area contributed by atoms with E-state index >= 15 is 0 Å². The molecule has 0 spiro atoms. The molecular weight excluding hydrogens is 236 g/mol. The summed E-state index contributed by atoms with van der Waals surface area (Å²) in [5, 5.41) is 4.62. The van der Waals surface area contributed by atoms with Gasteiger partial charge in [0.25, 0.3) is 0 Å². The first-order valence-electron chi connectivity index (χ1n) is 5.61. The molecule has 1 heterocycles. The van der Waals surface area contributed by atoms with E-state index in [1.54, 1.807) is 0 Å². The molecule has 0 unspecified atom stereocenters. The van der Waals surface area contributed by atoms with Crippen LogP contribution in [-0.2, 0) is 11.2 Å². The number of carbonyl (C=O) groups excluding carboxylic acids is 1. The molecule has 4 heteroatoms. The molecule has 3 nitrogen and oxygen atoms in total. The maximum Gasteiger partial charge on any atom is 0.224 e. The van der Waals surface area contributed by atoms with E-state index in [2.05, 4.69) is 10.3 Å². The highest BCUT2D eigenvalue weighted by molar-refractivity contribution is 6.31. The summed E-state index contributed by atoms with van der Waals surface area (Å²) in [5.74, 6) is 0.0378. The number of aromatic nitrogens is 1. The van der Waals surface area contributed by atoms with Gasteiger partial charge in [0, 0.05) is 28.2 Å². The minimum atomic E-state index is 0.0378. The van der Waals surface area contributed by atoms with Crippen LogP contribution < -0.4 is 5.32 Å². The largest absolute Gasteiger partial charge is 0.361 e. The van der Waals surface area contributed by atoms with Crippen molar-refractivity contribution in [2.45, 2.75) is 26.3 Å². The van der Waals surface area contributed by atoms with Crippen LogP contribution in [0.2, 0.25) is 5.02 Å². The van der Waals surface area contributed by atoms with E-state index in [0.717, 1.165) is 16.5 Å². The lowest BCUT2D eigenvalue weighted by molar-refractivity contribution is -0.120. The first kappa shape index (κ1) is 12.0. The first-order valence-corrected chi connectivity index (χ1v) is 5.99. The quantitative estimate of drug-likeness (QED) is 0.865. The average Bonchev–Trinajstić information content (AvgIpc) is 2.59. The van der Waals surface area contributed by atoms with Crippen molar-refractivity contribution in [3.8, 4) is 0 Å². The van der Waals surface area contributed by atoms with Gasteiger partial charge in [-0.25, -0.2) is 0 Å². The van der Waals surface area contributed by atoms with Crippen LogP contribution in [0.15, 0.2) is 24.4 Å². The van der Waals surface area contributed by atoms with Crippen LogP contribution in [-0.4, -0.2) is 16.9 Å². The van der Waals surface area contributed by atoms with Crippen molar-refractivity contribution < 1.29 is 4.79 Å². The fourth-order valence-corrected chi connectivity index (χ4v) is 2.02. The number of benzene rings is 1. The number of nitrogens with one attached hydrogen (secondary N) is 2. The molecular formula is C13H15ClN2O. The normalized spacial score (nSPS) is 11.1. The van der Waals surface area contributed by atoms with Gasteiger partial charge in [-0.2, -0.15) is 0 Å². The molecule has 1 aromatic carbocycles. The number of hydrogen-bond acceptors (Lipinski definition) is 1. The van der Waals surface area contributed by atoms with Crippen molar-refractivity contribution in [1.29, 1.82) is 0 Å². The molecule has 0 saturated heterocycles. The molecule has 0 fully saturated rings. The van der Waals surface area contributed by atoms with Gasteiger partial charge in [0.05, 0.1) is 6.42 Å². The lowest BCUT2D eigenvalue weighted by atomic mass is 10.1. The molecule has 2 aromatic rings. The Morgan fingerprint density at radius 2 is 2.24 bits per heavy atom. The third-order valence-electron chi connectivity index (χ3n) is 2.53. The van der Waals surface area contributed by atoms with Crippen LogP contribution in [0.3, 0.4) is 0 Å². The van der Waals surface area contributed by atoms with Gasteiger partial charge in [-0.1, -0.05) is 17.7 Å². The molecule has 0 aliphatic rings. The zero-order valence-electron chi connectivity index (χ0n) is 9.88. The van der Waals surface area contributed by atoms with E-state index in [9.17, 15) is 4.79 Å². The van der Waals surface area contributed by atoms with Gasteiger partial charge < -0.3 is 10.3 Å². The third-order valence-corrected chi connectivity index (χ3v) is 2.77. The van der Waals surface area contributed by atoms with E-state index in [1.807, 2.05) is 38.2 Å². The predicted octanol–water partition coefficient (Wildman–Crippen LogP) is 2.89. The lowest BCUT2D eigenvalue weighted by Gasteiger charge is -2.07. The Bertz CT molecular complexity index is 545. The number of rotatable bonds is 3. The number of fused-ring (bicyclic) bond motifs is 1. The van der Waals surface area contributed by atoms with Crippen molar-refractivity contribution in [2.75, 3.05) is 0 Å².